The fourth-order valence-corrected chi connectivity index (χ4v) is 3.79. The Labute approximate surface area is 156 Å². The fourth-order valence-electron chi connectivity index (χ4n) is 3.79. The van der Waals surface area contributed by atoms with Crippen LogP contribution in [0.3, 0.4) is 0 Å². The summed E-state index contributed by atoms with van der Waals surface area (Å²) in [5.74, 6) is 0. The van der Waals surface area contributed by atoms with Gasteiger partial charge in [0.1, 0.15) is 0 Å². The van der Waals surface area contributed by atoms with Crippen LogP contribution in [0.25, 0.3) is 10.9 Å². The summed E-state index contributed by atoms with van der Waals surface area (Å²) in [6, 6.07) is 11.1. The lowest BCUT2D eigenvalue weighted by atomic mass is 9.95. The minimum Gasteiger partial charge on any atom is -0.344 e. The standard InChI is InChI=1S/C20H22N2.2ClH/c1-15-8-9-20-18(13-15)17-6-2-3-7-19(17)22(20)12-10-16-5-4-11-21-14-16;;/h4-5,8-9,11,13-14H,2-3,6-7,10,12H2,1H3;2*1H. The third-order valence-electron chi connectivity index (χ3n) is 4.88. The predicted molar refractivity (Wildman–Crippen MR) is 106 cm³/mol. The molecule has 24 heavy (non-hydrogen) atoms. The zero-order chi connectivity index (χ0) is 14.9. The molecule has 0 aliphatic heterocycles. The second-order valence-corrected chi connectivity index (χ2v) is 6.42. The molecule has 0 atom stereocenters. The molecule has 0 amide bonds. The Hall–Kier alpha value is -1.51. The minimum atomic E-state index is 0. The molecular weight excluding hydrogens is 339 g/mol. The molecule has 2 heterocycles. The summed E-state index contributed by atoms with van der Waals surface area (Å²) in [7, 11) is 0. The van der Waals surface area contributed by atoms with Crippen LogP contribution in [0.15, 0.2) is 42.7 Å². The summed E-state index contributed by atoms with van der Waals surface area (Å²) in [6.07, 6.45) is 10.0. The summed E-state index contributed by atoms with van der Waals surface area (Å²) < 4.78 is 2.57. The van der Waals surface area contributed by atoms with Gasteiger partial charge in [0, 0.05) is 35.5 Å². The number of aromatic nitrogens is 2. The average Bonchev–Trinajstić information content (AvgIpc) is 2.87. The van der Waals surface area contributed by atoms with Crippen molar-refractivity contribution >= 4 is 35.7 Å². The molecule has 0 bridgehead atoms. The first kappa shape index (κ1) is 18.8. The van der Waals surface area contributed by atoms with Crippen LogP contribution in [0.1, 0.15) is 35.2 Å². The number of halogens is 2. The maximum Gasteiger partial charge on any atom is 0.0485 e. The molecule has 4 rings (SSSR count). The lowest BCUT2D eigenvalue weighted by molar-refractivity contribution is 0.612. The Bertz CT molecular complexity index is 809. The Morgan fingerprint density at radius 3 is 2.71 bits per heavy atom. The van der Waals surface area contributed by atoms with E-state index in [-0.39, 0.29) is 24.8 Å². The summed E-state index contributed by atoms with van der Waals surface area (Å²) >= 11 is 0. The molecule has 2 nitrogen and oxygen atoms in total. The van der Waals surface area contributed by atoms with Gasteiger partial charge in [-0.05, 0) is 68.4 Å². The number of rotatable bonds is 3. The van der Waals surface area contributed by atoms with Crippen LogP contribution in [0.2, 0.25) is 0 Å². The highest BCUT2D eigenvalue weighted by molar-refractivity contribution is 5.86. The van der Waals surface area contributed by atoms with Crippen molar-refractivity contribution in [3.8, 4) is 0 Å². The zero-order valence-electron chi connectivity index (χ0n) is 14.0. The first-order valence-corrected chi connectivity index (χ1v) is 8.32. The molecule has 0 saturated heterocycles. The van der Waals surface area contributed by atoms with Crippen LogP contribution in [0.4, 0.5) is 0 Å². The smallest absolute Gasteiger partial charge is 0.0485 e. The van der Waals surface area contributed by atoms with Crippen LogP contribution in [0.5, 0.6) is 0 Å². The van der Waals surface area contributed by atoms with Crippen molar-refractivity contribution in [1.82, 2.24) is 9.55 Å². The fraction of sp³-hybridized carbons (Fsp3) is 0.350. The van der Waals surface area contributed by atoms with Gasteiger partial charge in [0.25, 0.3) is 0 Å². The van der Waals surface area contributed by atoms with E-state index < -0.39 is 0 Å². The van der Waals surface area contributed by atoms with Crippen LogP contribution < -0.4 is 0 Å². The van der Waals surface area contributed by atoms with E-state index >= 15 is 0 Å². The lowest BCUT2D eigenvalue weighted by Gasteiger charge is -2.16. The van der Waals surface area contributed by atoms with Crippen molar-refractivity contribution in [3.05, 3.63) is 65.1 Å². The first-order valence-electron chi connectivity index (χ1n) is 8.32. The summed E-state index contributed by atoms with van der Waals surface area (Å²) in [6.45, 7) is 3.25. The lowest BCUT2D eigenvalue weighted by Crippen LogP contribution is -2.10. The van der Waals surface area contributed by atoms with E-state index in [1.165, 1.54) is 47.7 Å². The molecular formula is C20H24Cl2N2. The molecule has 2 aromatic heterocycles. The molecule has 4 heteroatoms. The Morgan fingerprint density at radius 2 is 1.92 bits per heavy atom. The summed E-state index contributed by atoms with van der Waals surface area (Å²) in [4.78, 5) is 4.24. The monoisotopic (exact) mass is 362 g/mol. The number of hydrogen-bond acceptors (Lipinski definition) is 1. The number of fused-ring (bicyclic) bond motifs is 3. The highest BCUT2D eigenvalue weighted by atomic mass is 35.5. The van der Waals surface area contributed by atoms with E-state index in [4.69, 9.17) is 0 Å². The van der Waals surface area contributed by atoms with Gasteiger partial charge in [-0.25, -0.2) is 0 Å². The maximum absolute atomic E-state index is 4.24. The van der Waals surface area contributed by atoms with E-state index in [2.05, 4.69) is 40.7 Å². The van der Waals surface area contributed by atoms with Crippen molar-refractivity contribution in [2.24, 2.45) is 0 Å². The molecule has 1 aliphatic carbocycles. The van der Waals surface area contributed by atoms with Crippen LogP contribution in [-0.2, 0) is 25.8 Å². The Kier molecular flexibility index (Phi) is 6.31. The normalized spacial score (nSPS) is 13.0. The van der Waals surface area contributed by atoms with Crippen LogP contribution in [0, 0.1) is 6.92 Å². The number of nitrogens with zero attached hydrogens (tertiary/aromatic N) is 2. The number of pyridine rings is 1. The van der Waals surface area contributed by atoms with Crippen molar-refractivity contribution in [2.75, 3.05) is 0 Å². The quantitative estimate of drug-likeness (QED) is 0.617. The Balaban J connectivity index is 0.00000104. The molecule has 3 aromatic rings. The minimum absolute atomic E-state index is 0. The van der Waals surface area contributed by atoms with E-state index in [1.54, 1.807) is 11.3 Å². The van der Waals surface area contributed by atoms with Crippen molar-refractivity contribution in [2.45, 2.75) is 45.6 Å². The number of aryl methyl sites for hydroxylation is 4. The Morgan fingerprint density at radius 1 is 1.08 bits per heavy atom. The van der Waals surface area contributed by atoms with Gasteiger partial charge in [0.05, 0.1) is 0 Å². The van der Waals surface area contributed by atoms with Gasteiger partial charge in [-0.15, -0.1) is 24.8 Å². The van der Waals surface area contributed by atoms with Gasteiger partial charge >= 0.3 is 0 Å². The molecule has 0 unspecified atom stereocenters. The molecule has 0 N–H and O–H groups in total. The highest BCUT2D eigenvalue weighted by Crippen LogP contribution is 2.33. The molecule has 1 aliphatic rings. The van der Waals surface area contributed by atoms with Crippen molar-refractivity contribution in [3.63, 3.8) is 0 Å². The van der Waals surface area contributed by atoms with Crippen molar-refractivity contribution < 1.29 is 0 Å². The molecule has 1 aromatic carbocycles. The second kappa shape index (κ2) is 8.04. The number of benzene rings is 1. The van der Waals surface area contributed by atoms with E-state index in [9.17, 15) is 0 Å². The molecule has 0 fully saturated rings. The van der Waals surface area contributed by atoms with Gasteiger partial charge in [-0.1, -0.05) is 17.7 Å². The molecule has 0 saturated carbocycles. The second-order valence-electron chi connectivity index (χ2n) is 6.42. The largest absolute Gasteiger partial charge is 0.344 e. The molecule has 128 valence electrons. The first-order chi connectivity index (χ1) is 10.8. The number of hydrogen-bond donors (Lipinski definition) is 0. The molecule has 0 radical (unpaired) electrons. The van der Waals surface area contributed by atoms with Gasteiger partial charge in [-0.2, -0.15) is 0 Å². The third-order valence-corrected chi connectivity index (χ3v) is 4.88. The maximum atomic E-state index is 4.24. The van der Waals surface area contributed by atoms with Gasteiger partial charge in [0.2, 0.25) is 0 Å². The third kappa shape index (κ3) is 3.45. The summed E-state index contributed by atoms with van der Waals surface area (Å²) in [5.41, 5.74) is 7.29. The van der Waals surface area contributed by atoms with Gasteiger partial charge < -0.3 is 4.57 Å². The predicted octanol–water partition coefficient (Wildman–Crippen LogP) is 5.31. The van der Waals surface area contributed by atoms with Gasteiger partial charge in [0.15, 0.2) is 0 Å². The highest BCUT2D eigenvalue weighted by Gasteiger charge is 2.19. The van der Waals surface area contributed by atoms with Crippen molar-refractivity contribution in [1.29, 1.82) is 0 Å². The van der Waals surface area contributed by atoms with E-state index in [1.807, 2.05) is 18.5 Å². The SMILES string of the molecule is Cc1ccc2c(c1)c1c(n2CCc2cccnc2)CCCC1.Cl.Cl. The van der Waals surface area contributed by atoms with Crippen LogP contribution >= 0.6 is 24.8 Å². The average molecular weight is 363 g/mol. The van der Waals surface area contributed by atoms with E-state index in [0.29, 0.717) is 0 Å². The van der Waals surface area contributed by atoms with Crippen LogP contribution in [-0.4, -0.2) is 9.55 Å². The summed E-state index contributed by atoms with van der Waals surface area (Å²) in [5, 5.41) is 1.49. The molecule has 0 spiro atoms. The topological polar surface area (TPSA) is 17.8 Å². The van der Waals surface area contributed by atoms with E-state index in [0.717, 1.165) is 13.0 Å². The van der Waals surface area contributed by atoms with Gasteiger partial charge in [-0.3, -0.25) is 4.98 Å². The zero-order valence-corrected chi connectivity index (χ0v) is 15.6.